The minimum atomic E-state index is -0.307. The molecule has 3 heteroatoms. The van der Waals surface area contributed by atoms with Crippen molar-refractivity contribution in [2.45, 2.75) is 6.42 Å². The molecule has 0 saturated carbocycles. The lowest BCUT2D eigenvalue weighted by atomic mass is 10.3. The van der Waals surface area contributed by atoms with Gasteiger partial charge >= 0.3 is 0 Å². The predicted octanol–water partition coefficient (Wildman–Crippen LogP) is 1.38. The van der Waals surface area contributed by atoms with Gasteiger partial charge in [0.1, 0.15) is 12.4 Å². The first-order valence-corrected chi connectivity index (χ1v) is 3.72. The van der Waals surface area contributed by atoms with Crippen LogP contribution in [0.15, 0.2) is 22.8 Å². The van der Waals surface area contributed by atoms with Crippen LogP contribution in [0.3, 0.4) is 0 Å². The molecule has 1 heterocycles. The zero-order chi connectivity index (χ0) is 7.94. The van der Waals surface area contributed by atoms with Crippen LogP contribution in [0.4, 0.5) is 4.39 Å². The third kappa shape index (κ3) is 3.18. The number of alkyl halides is 1. The Bertz CT molecular complexity index is 174. The van der Waals surface area contributed by atoms with E-state index in [1.807, 2.05) is 12.1 Å². The second kappa shape index (κ2) is 4.91. The normalized spacial score (nSPS) is 10.3. The van der Waals surface area contributed by atoms with Crippen molar-refractivity contribution in [3.8, 4) is 0 Å². The molecule has 1 rings (SSSR count). The Balaban J connectivity index is 2.04. The molecule has 11 heavy (non-hydrogen) atoms. The standard InChI is InChI=1S/C8H12FNO/c9-4-6-10-5-3-8-2-1-7-11-8/h1-2,7,10H,3-6H2. The van der Waals surface area contributed by atoms with E-state index in [1.165, 1.54) is 0 Å². The molecule has 0 atom stereocenters. The highest BCUT2D eigenvalue weighted by Gasteiger charge is 1.93. The van der Waals surface area contributed by atoms with Gasteiger partial charge in [0, 0.05) is 19.5 Å². The fraction of sp³-hybridized carbons (Fsp3) is 0.500. The number of hydrogen-bond donors (Lipinski definition) is 1. The fourth-order valence-corrected chi connectivity index (χ4v) is 0.858. The molecule has 1 N–H and O–H groups in total. The Morgan fingerprint density at radius 3 is 3.00 bits per heavy atom. The van der Waals surface area contributed by atoms with Gasteiger partial charge in [-0.05, 0) is 12.1 Å². The molecule has 1 aromatic rings. The molecule has 62 valence electrons. The summed E-state index contributed by atoms with van der Waals surface area (Å²) in [6.07, 6.45) is 2.47. The smallest absolute Gasteiger partial charge is 0.105 e. The SMILES string of the molecule is FCCNCCc1ccco1. The van der Waals surface area contributed by atoms with Crippen molar-refractivity contribution in [2.24, 2.45) is 0 Å². The fourth-order valence-electron chi connectivity index (χ4n) is 0.858. The van der Waals surface area contributed by atoms with Crippen molar-refractivity contribution < 1.29 is 8.81 Å². The first kappa shape index (κ1) is 8.27. The van der Waals surface area contributed by atoms with Crippen LogP contribution in [0.5, 0.6) is 0 Å². The highest BCUT2D eigenvalue weighted by molar-refractivity contribution is 4.98. The van der Waals surface area contributed by atoms with E-state index in [9.17, 15) is 4.39 Å². The van der Waals surface area contributed by atoms with E-state index in [0.717, 1.165) is 18.7 Å². The maximum Gasteiger partial charge on any atom is 0.105 e. The number of rotatable bonds is 5. The molecular formula is C8H12FNO. The highest BCUT2D eigenvalue weighted by atomic mass is 19.1. The Kier molecular flexibility index (Phi) is 3.69. The van der Waals surface area contributed by atoms with Gasteiger partial charge in [0.2, 0.25) is 0 Å². The lowest BCUT2D eigenvalue weighted by Crippen LogP contribution is -2.19. The summed E-state index contributed by atoms with van der Waals surface area (Å²) in [6, 6.07) is 3.77. The highest BCUT2D eigenvalue weighted by Crippen LogP contribution is 1.98. The van der Waals surface area contributed by atoms with Crippen LogP contribution in [0.2, 0.25) is 0 Å². The van der Waals surface area contributed by atoms with Crippen LogP contribution in [0.25, 0.3) is 0 Å². The molecule has 2 nitrogen and oxygen atoms in total. The summed E-state index contributed by atoms with van der Waals surface area (Å²) in [4.78, 5) is 0. The third-order valence-electron chi connectivity index (χ3n) is 1.40. The van der Waals surface area contributed by atoms with E-state index in [1.54, 1.807) is 6.26 Å². The molecule has 0 aromatic carbocycles. The van der Waals surface area contributed by atoms with E-state index in [-0.39, 0.29) is 6.67 Å². The average molecular weight is 157 g/mol. The summed E-state index contributed by atoms with van der Waals surface area (Å²) in [5.41, 5.74) is 0. The average Bonchev–Trinajstić information content (AvgIpc) is 2.50. The van der Waals surface area contributed by atoms with Gasteiger partial charge in [-0.25, -0.2) is 4.39 Å². The van der Waals surface area contributed by atoms with Crippen LogP contribution in [0.1, 0.15) is 5.76 Å². The lowest BCUT2D eigenvalue weighted by molar-refractivity contribution is 0.456. The summed E-state index contributed by atoms with van der Waals surface area (Å²) < 4.78 is 16.7. The van der Waals surface area contributed by atoms with Gasteiger partial charge in [-0.1, -0.05) is 0 Å². The predicted molar refractivity (Wildman–Crippen MR) is 41.3 cm³/mol. The molecule has 0 spiro atoms. The molecular weight excluding hydrogens is 145 g/mol. The van der Waals surface area contributed by atoms with Crippen LogP contribution < -0.4 is 5.32 Å². The third-order valence-corrected chi connectivity index (χ3v) is 1.40. The Labute approximate surface area is 65.4 Å². The molecule has 0 saturated heterocycles. The van der Waals surface area contributed by atoms with Crippen molar-refractivity contribution in [1.82, 2.24) is 5.32 Å². The van der Waals surface area contributed by atoms with Gasteiger partial charge in [-0.15, -0.1) is 0 Å². The van der Waals surface area contributed by atoms with Gasteiger partial charge in [-0.2, -0.15) is 0 Å². The zero-order valence-electron chi connectivity index (χ0n) is 6.35. The quantitative estimate of drug-likeness (QED) is 0.653. The van der Waals surface area contributed by atoms with Gasteiger partial charge in [0.25, 0.3) is 0 Å². The van der Waals surface area contributed by atoms with Crippen molar-refractivity contribution in [3.05, 3.63) is 24.2 Å². The Morgan fingerprint density at radius 2 is 2.36 bits per heavy atom. The first-order valence-electron chi connectivity index (χ1n) is 3.72. The van der Waals surface area contributed by atoms with Crippen molar-refractivity contribution in [2.75, 3.05) is 19.8 Å². The van der Waals surface area contributed by atoms with E-state index in [0.29, 0.717) is 6.54 Å². The van der Waals surface area contributed by atoms with Crippen molar-refractivity contribution in [3.63, 3.8) is 0 Å². The zero-order valence-corrected chi connectivity index (χ0v) is 6.35. The lowest BCUT2D eigenvalue weighted by Gasteiger charge is -1.97. The van der Waals surface area contributed by atoms with Crippen molar-refractivity contribution in [1.29, 1.82) is 0 Å². The minimum Gasteiger partial charge on any atom is -0.469 e. The Morgan fingerprint density at radius 1 is 1.45 bits per heavy atom. The van der Waals surface area contributed by atoms with Gasteiger partial charge in [-0.3, -0.25) is 0 Å². The summed E-state index contributed by atoms with van der Waals surface area (Å²) >= 11 is 0. The summed E-state index contributed by atoms with van der Waals surface area (Å²) in [5, 5.41) is 2.94. The number of hydrogen-bond acceptors (Lipinski definition) is 2. The molecule has 0 unspecified atom stereocenters. The van der Waals surface area contributed by atoms with Gasteiger partial charge < -0.3 is 9.73 Å². The molecule has 0 radical (unpaired) electrons. The van der Waals surface area contributed by atoms with Gasteiger partial charge in [0.15, 0.2) is 0 Å². The molecule has 0 amide bonds. The van der Waals surface area contributed by atoms with E-state index < -0.39 is 0 Å². The van der Waals surface area contributed by atoms with Gasteiger partial charge in [0.05, 0.1) is 6.26 Å². The summed E-state index contributed by atoms with van der Waals surface area (Å²) in [7, 11) is 0. The number of halogens is 1. The number of nitrogens with one attached hydrogen (secondary N) is 1. The topological polar surface area (TPSA) is 25.2 Å². The molecule has 0 aliphatic rings. The Hall–Kier alpha value is -0.830. The second-order valence-electron chi connectivity index (χ2n) is 2.27. The largest absolute Gasteiger partial charge is 0.469 e. The van der Waals surface area contributed by atoms with Crippen LogP contribution >= 0.6 is 0 Å². The van der Waals surface area contributed by atoms with Crippen molar-refractivity contribution >= 4 is 0 Å². The van der Waals surface area contributed by atoms with Crippen LogP contribution in [0, 0.1) is 0 Å². The summed E-state index contributed by atoms with van der Waals surface area (Å²) in [5.74, 6) is 0.941. The number of furan rings is 1. The monoisotopic (exact) mass is 157 g/mol. The molecule has 0 fully saturated rings. The minimum absolute atomic E-state index is 0.307. The van der Waals surface area contributed by atoms with E-state index in [4.69, 9.17) is 4.42 Å². The molecule has 1 aromatic heterocycles. The van der Waals surface area contributed by atoms with E-state index >= 15 is 0 Å². The molecule has 0 bridgehead atoms. The van der Waals surface area contributed by atoms with Crippen LogP contribution in [-0.2, 0) is 6.42 Å². The maximum absolute atomic E-state index is 11.6. The summed E-state index contributed by atoms with van der Waals surface area (Å²) in [6.45, 7) is 0.899. The maximum atomic E-state index is 11.6. The molecule has 0 aliphatic heterocycles. The molecule has 0 aliphatic carbocycles. The van der Waals surface area contributed by atoms with E-state index in [2.05, 4.69) is 5.32 Å². The second-order valence-corrected chi connectivity index (χ2v) is 2.27. The van der Waals surface area contributed by atoms with Crippen LogP contribution in [-0.4, -0.2) is 19.8 Å². The first-order chi connectivity index (χ1) is 5.43.